The van der Waals surface area contributed by atoms with Crippen LogP contribution in [0.5, 0.6) is 0 Å². The lowest BCUT2D eigenvalue weighted by atomic mass is 10.1. The van der Waals surface area contributed by atoms with E-state index in [2.05, 4.69) is 5.16 Å². The Kier molecular flexibility index (Phi) is 4.19. The Labute approximate surface area is 118 Å². The molecule has 0 aliphatic heterocycles. The van der Waals surface area contributed by atoms with Crippen LogP contribution in [0.1, 0.15) is 11.1 Å². The van der Waals surface area contributed by atoms with Gasteiger partial charge in [0.25, 0.3) is 0 Å². The fourth-order valence-corrected chi connectivity index (χ4v) is 2.53. The number of hydrogen-bond acceptors (Lipinski definition) is 4. The van der Waals surface area contributed by atoms with Crippen LogP contribution in [0.15, 0.2) is 34.1 Å². The molecular weight excluding hydrogens is 284 g/mol. The molecule has 2 aromatic rings. The summed E-state index contributed by atoms with van der Waals surface area (Å²) in [6.07, 6.45) is 0. The van der Waals surface area contributed by atoms with Crippen LogP contribution >= 0.6 is 11.3 Å². The number of nitrogens with two attached hydrogens (primary N) is 1. The van der Waals surface area contributed by atoms with E-state index in [0.29, 0.717) is 6.54 Å². The topological polar surface area (TPSA) is 61.8 Å². The van der Waals surface area contributed by atoms with Gasteiger partial charge in [0.1, 0.15) is 17.3 Å². The molecule has 1 aromatic heterocycles. The van der Waals surface area contributed by atoms with Crippen LogP contribution in [0, 0.1) is 11.6 Å². The van der Waals surface area contributed by atoms with Gasteiger partial charge in [-0.25, -0.2) is 8.78 Å². The van der Waals surface area contributed by atoms with Crippen molar-refractivity contribution >= 4 is 22.9 Å². The van der Waals surface area contributed by atoms with Gasteiger partial charge >= 0.3 is 0 Å². The predicted octanol–water partition coefficient (Wildman–Crippen LogP) is 2.76. The summed E-state index contributed by atoms with van der Waals surface area (Å²) in [5.74, 6) is -1.86. The number of anilines is 1. The van der Waals surface area contributed by atoms with Crippen LogP contribution in [0.4, 0.5) is 14.5 Å². The largest absolute Gasteiger partial charge is 0.409 e. The number of halogens is 2. The smallest absolute Gasteiger partial charge is 0.170 e. The average molecular weight is 297 g/mol. The first-order valence-electron chi connectivity index (χ1n) is 5.72. The zero-order chi connectivity index (χ0) is 14.7. The van der Waals surface area contributed by atoms with Crippen molar-refractivity contribution in [3.63, 3.8) is 0 Å². The molecule has 0 aliphatic rings. The molecule has 4 nitrogen and oxygen atoms in total. The molecule has 0 amide bonds. The highest BCUT2D eigenvalue weighted by Gasteiger charge is 2.17. The van der Waals surface area contributed by atoms with Crippen LogP contribution in [0.2, 0.25) is 0 Å². The van der Waals surface area contributed by atoms with Crippen molar-refractivity contribution in [2.75, 3.05) is 11.9 Å². The molecule has 0 atom stereocenters. The van der Waals surface area contributed by atoms with E-state index in [1.54, 1.807) is 7.05 Å². The Morgan fingerprint density at radius 3 is 2.55 bits per heavy atom. The maximum Gasteiger partial charge on any atom is 0.170 e. The van der Waals surface area contributed by atoms with Crippen LogP contribution < -0.4 is 10.6 Å². The standard InChI is InChI=1S/C13H13F2N3OS/c1-18(6-8-2-3-20-7-8)12-10(14)4-9(5-11(12)15)13(16)17-19/h2-5,7,19H,6H2,1H3,(H2,16,17). The SMILES string of the molecule is CN(Cc1ccsc1)c1c(F)cc(/C(N)=N/O)cc1F. The highest BCUT2D eigenvalue weighted by molar-refractivity contribution is 7.07. The van der Waals surface area contributed by atoms with Crippen LogP contribution in [-0.2, 0) is 6.54 Å². The number of amidine groups is 1. The lowest BCUT2D eigenvalue weighted by molar-refractivity contribution is 0.318. The summed E-state index contributed by atoms with van der Waals surface area (Å²) in [6, 6.07) is 3.97. The van der Waals surface area contributed by atoms with Gasteiger partial charge in [-0.05, 0) is 34.5 Å². The Morgan fingerprint density at radius 1 is 1.40 bits per heavy atom. The zero-order valence-electron chi connectivity index (χ0n) is 10.7. The lowest BCUT2D eigenvalue weighted by Gasteiger charge is -2.20. The van der Waals surface area contributed by atoms with Crippen molar-refractivity contribution in [2.45, 2.75) is 6.54 Å². The molecule has 0 aliphatic carbocycles. The summed E-state index contributed by atoms with van der Waals surface area (Å²) in [5, 5.41) is 15.1. The van der Waals surface area contributed by atoms with Gasteiger partial charge in [-0.1, -0.05) is 5.16 Å². The molecule has 0 saturated heterocycles. The van der Waals surface area contributed by atoms with E-state index in [1.807, 2.05) is 16.8 Å². The first-order chi connectivity index (χ1) is 9.52. The Balaban J connectivity index is 2.32. The molecule has 106 valence electrons. The van der Waals surface area contributed by atoms with Crippen molar-refractivity contribution in [3.05, 3.63) is 51.7 Å². The molecule has 0 fully saturated rings. The van der Waals surface area contributed by atoms with Crippen LogP contribution in [0.3, 0.4) is 0 Å². The third kappa shape index (κ3) is 2.88. The molecular formula is C13H13F2N3OS. The van der Waals surface area contributed by atoms with E-state index in [0.717, 1.165) is 17.7 Å². The van der Waals surface area contributed by atoms with Gasteiger partial charge in [0.15, 0.2) is 5.84 Å². The molecule has 0 unspecified atom stereocenters. The Hall–Kier alpha value is -2.15. The maximum absolute atomic E-state index is 14.0. The number of nitrogens with zero attached hydrogens (tertiary/aromatic N) is 2. The normalized spacial score (nSPS) is 11.7. The van der Waals surface area contributed by atoms with Crippen molar-refractivity contribution in [1.82, 2.24) is 0 Å². The molecule has 0 radical (unpaired) electrons. The summed E-state index contributed by atoms with van der Waals surface area (Å²) in [4.78, 5) is 1.47. The molecule has 2 rings (SSSR count). The Morgan fingerprint density at radius 2 is 2.05 bits per heavy atom. The number of rotatable bonds is 4. The molecule has 1 aromatic carbocycles. The number of hydrogen-bond donors (Lipinski definition) is 2. The van der Waals surface area contributed by atoms with E-state index >= 15 is 0 Å². The minimum atomic E-state index is -0.760. The minimum absolute atomic E-state index is 0.00446. The van der Waals surface area contributed by atoms with Gasteiger partial charge < -0.3 is 15.8 Å². The van der Waals surface area contributed by atoms with Gasteiger partial charge in [-0.3, -0.25) is 0 Å². The summed E-state index contributed by atoms with van der Waals surface area (Å²) in [7, 11) is 1.60. The number of benzene rings is 1. The van der Waals surface area contributed by atoms with Crippen molar-refractivity contribution in [1.29, 1.82) is 0 Å². The first kappa shape index (κ1) is 14.3. The second kappa shape index (κ2) is 5.87. The fourth-order valence-electron chi connectivity index (χ4n) is 1.87. The van der Waals surface area contributed by atoms with Crippen LogP contribution in [-0.4, -0.2) is 18.1 Å². The molecule has 0 saturated carbocycles. The second-order valence-electron chi connectivity index (χ2n) is 4.26. The van der Waals surface area contributed by atoms with Gasteiger partial charge in [-0.2, -0.15) is 11.3 Å². The summed E-state index contributed by atoms with van der Waals surface area (Å²) in [5.41, 5.74) is 6.14. The third-order valence-corrected chi connectivity index (χ3v) is 3.53. The maximum atomic E-state index is 14.0. The molecule has 20 heavy (non-hydrogen) atoms. The predicted molar refractivity (Wildman–Crippen MR) is 75.3 cm³/mol. The fraction of sp³-hybridized carbons (Fsp3) is 0.154. The van der Waals surface area contributed by atoms with E-state index < -0.39 is 11.6 Å². The zero-order valence-corrected chi connectivity index (χ0v) is 11.5. The first-order valence-corrected chi connectivity index (χ1v) is 6.66. The molecule has 3 N–H and O–H groups in total. The van der Waals surface area contributed by atoms with Gasteiger partial charge in [-0.15, -0.1) is 0 Å². The summed E-state index contributed by atoms with van der Waals surface area (Å²) in [6.45, 7) is 0.389. The number of oxime groups is 1. The average Bonchev–Trinajstić information content (AvgIpc) is 2.89. The monoisotopic (exact) mass is 297 g/mol. The van der Waals surface area contributed by atoms with Gasteiger partial charge in [0, 0.05) is 19.2 Å². The highest BCUT2D eigenvalue weighted by atomic mass is 32.1. The lowest BCUT2D eigenvalue weighted by Crippen LogP contribution is -2.20. The van der Waals surface area contributed by atoms with E-state index in [1.165, 1.54) is 16.2 Å². The van der Waals surface area contributed by atoms with E-state index in [4.69, 9.17) is 10.9 Å². The minimum Gasteiger partial charge on any atom is -0.409 e. The highest BCUT2D eigenvalue weighted by Crippen LogP contribution is 2.25. The van der Waals surface area contributed by atoms with E-state index in [-0.39, 0.29) is 17.1 Å². The molecule has 7 heteroatoms. The second-order valence-corrected chi connectivity index (χ2v) is 5.04. The summed E-state index contributed by atoms with van der Waals surface area (Å²) < 4.78 is 28.0. The van der Waals surface area contributed by atoms with Crippen molar-refractivity contribution in [2.24, 2.45) is 10.9 Å². The summed E-state index contributed by atoms with van der Waals surface area (Å²) >= 11 is 1.52. The van der Waals surface area contributed by atoms with Crippen LogP contribution in [0.25, 0.3) is 0 Å². The van der Waals surface area contributed by atoms with Gasteiger partial charge in [0.05, 0.1) is 0 Å². The van der Waals surface area contributed by atoms with Crippen molar-refractivity contribution in [3.8, 4) is 0 Å². The Bertz CT molecular complexity index is 606. The quantitative estimate of drug-likeness (QED) is 0.395. The number of thiophene rings is 1. The third-order valence-electron chi connectivity index (χ3n) is 2.80. The van der Waals surface area contributed by atoms with E-state index in [9.17, 15) is 8.78 Å². The molecule has 0 bridgehead atoms. The molecule has 1 heterocycles. The van der Waals surface area contributed by atoms with Gasteiger partial charge in [0.2, 0.25) is 0 Å². The molecule has 0 spiro atoms. The van der Waals surface area contributed by atoms with Crippen molar-refractivity contribution < 1.29 is 14.0 Å².